The molecular formula is C20H20N2O2S. The predicted molar refractivity (Wildman–Crippen MR) is 102 cm³/mol. The molecule has 0 saturated heterocycles. The number of nitro benzene ring substituents is 1. The van der Waals surface area contributed by atoms with Crippen molar-refractivity contribution in [3.63, 3.8) is 0 Å². The number of nitrogens with zero attached hydrogens (tertiary/aromatic N) is 1. The molecule has 0 bridgehead atoms. The van der Waals surface area contributed by atoms with E-state index in [1.165, 1.54) is 10.5 Å². The molecule has 1 heterocycles. The largest absolute Gasteiger partial charge is 0.377 e. The van der Waals surface area contributed by atoms with E-state index in [1.807, 2.05) is 6.92 Å². The number of benzene rings is 2. The number of aryl methyl sites for hydroxylation is 1. The molecule has 2 aromatic rings. The Hall–Kier alpha value is -2.27. The van der Waals surface area contributed by atoms with Gasteiger partial charge in [0.15, 0.2) is 0 Å². The highest BCUT2D eigenvalue weighted by atomic mass is 32.2. The maximum absolute atomic E-state index is 11.2. The zero-order valence-corrected chi connectivity index (χ0v) is 15.0. The van der Waals surface area contributed by atoms with Gasteiger partial charge in [-0.1, -0.05) is 24.3 Å². The molecule has 25 heavy (non-hydrogen) atoms. The van der Waals surface area contributed by atoms with Crippen molar-refractivity contribution in [3.05, 3.63) is 75.4 Å². The number of hydrogen-bond donors (Lipinski definition) is 1. The van der Waals surface area contributed by atoms with Crippen LogP contribution in [0.25, 0.3) is 0 Å². The minimum Gasteiger partial charge on any atom is -0.377 e. The van der Waals surface area contributed by atoms with Crippen LogP contribution in [-0.2, 0) is 0 Å². The summed E-state index contributed by atoms with van der Waals surface area (Å²) in [5.41, 5.74) is 4.51. The van der Waals surface area contributed by atoms with Crippen molar-refractivity contribution in [2.75, 3.05) is 11.6 Å². The van der Waals surface area contributed by atoms with Crippen molar-refractivity contribution in [2.24, 2.45) is 5.92 Å². The van der Waals surface area contributed by atoms with Gasteiger partial charge in [-0.15, -0.1) is 11.8 Å². The second-order valence-corrected chi connectivity index (χ2v) is 7.61. The van der Waals surface area contributed by atoms with E-state index >= 15 is 0 Å². The number of hydrogen-bond acceptors (Lipinski definition) is 4. The molecule has 0 saturated carbocycles. The summed E-state index contributed by atoms with van der Waals surface area (Å²) in [4.78, 5) is 12.2. The first kappa shape index (κ1) is 16.2. The van der Waals surface area contributed by atoms with E-state index in [-0.39, 0.29) is 22.6 Å². The van der Waals surface area contributed by atoms with Crippen molar-refractivity contribution in [1.82, 2.24) is 0 Å². The Morgan fingerprint density at radius 3 is 2.68 bits per heavy atom. The first-order valence-corrected chi connectivity index (χ1v) is 9.67. The molecule has 0 amide bonds. The van der Waals surface area contributed by atoms with Crippen LogP contribution in [-0.4, -0.2) is 11.2 Å². The third kappa shape index (κ3) is 2.72. The van der Waals surface area contributed by atoms with Gasteiger partial charge in [0, 0.05) is 28.6 Å². The Kier molecular flexibility index (Phi) is 4.04. The number of nitro groups is 1. The molecule has 0 spiro atoms. The predicted octanol–water partition coefficient (Wildman–Crippen LogP) is 5.45. The Balaban J connectivity index is 1.78. The number of allylic oxidation sites excluding steroid dienone is 2. The molecule has 0 fully saturated rings. The SMILES string of the molecule is CSc1ccc(C2Nc3c(C)cc([N+](=O)[O-])cc3C3C=CCC32)cc1. The number of thioether (sulfide) groups is 1. The fraction of sp³-hybridized carbons (Fsp3) is 0.300. The van der Waals surface area contributed by atoms with Crippen molar-refractivity contribution in [3.8, 4) is 0 Å². The van der Waals surface area contributed by atoms with Crippen LogP contribution in [0, 0.1) is 23.0 Å². The lowest BCUT2D eigenvalue weighted by Crippen LogP contribution is -2.29. The maximum Gasteiger partial charge on any atom is 0.270 e. The summed E-state index contributed by atoms with van der Waals surface area (Å²) in [6.07, 6.45) is 7.51. The standard InChI is InChI=1S/C20H20N2O2S/c1-12-10-14(22(23)24)11-18-16-4-3-5-17(16)20(21-19(12)18)13-6-8-15(25-2)9-7-13/h3-4,6-11,16-17,20-21H,5H2,1-2H3. The van der Waals surface area contributed by atoms with Crippen LogP contribution in [0.15, 0.2) is 53.4 Å². The highest BCUT2D eigenvalue weighted by Gasteiger charge is 2.39. The third-order valence-corrected chi connectivity index (χ3v) is 6.08. The molecule has 0 radical (unpaired) electrons. The summed E-state index contributed by atoms with van der Waals surface area (Å²) in [7, 11) is 0. The summed E-state index contributed by atoms with van der Waals surface area (Å²) in [5, 5.41) is 14.9. The molecule has 3 atom stereocenters. The molecule has 128 valence electrons. The van der Waals surface area contributed by atoms with Gasteiger partial charge in [0.1, 0.15) is 0 Å². The van der Waals surface area contributed by atoms with Gasteiger partial charge < -0.3 is 5.32 Å². The third-order valence-electron chi connectivity index (χ3n) is 5.34. The lowest BCUT2D eigenvalue weighted by atomic mass is 9.76. The fourth-order valence-corrected chi connectivity index (χ4v) is 4.52. The summed E-state index contributed by atoms with van der Waals surface area (Å²) < 4.78 is 0. The van der Waals surface area contributed by atoms with E-state index < -0.39 is 0 Å². The topological polar surface area (TPSA) is 55.2 Å². The summed E-state index contributed by atoms with van der Waals surface area (Å²) >= 11 is 1.74. The van der Waals surface area contributed by atoms with Crippen LogP contribution in [0.5, 0.6) is 0 Å². The number of anilines is 1. The van der Waals surface area contributed by atoms with Crippen LogP contribution in [0.2, 0.25) is 0 Å². The van der Waals surface area contributed by atoms with E-state index in [9.17, 15) is 10.1 Å². The van der Waals surface area contributed by atoms with Gasteiger partial charge in [0.2, 0.25) is 0 Å². The highest BCUT2D eigenvalue weighted by molar-refractivity contribution is 7.98. The van der Waals surface area contributed by atoms with Gasteiger partial charge >= 0.3 is 0 Å². The second kappa shape index (κ2) is 6.23. The minimum absolute atomic E-state index is 0.180. The Morgan fingerprint density at radius 1 is 1.24 bits per heavy atom. The fourth-order valence-electron chi connectivity index (χ4n) is 4.11. The number of rotatable bonds is 3. The lowest BCUT2D eigenvalue weighted by Gasteiger charge is -2.38. The average molecular weight is 352 g/mol. The summed E-state index contributed by atoms with van der Waals surface area (Å²) in [6, 6.07) is 12.4. The summed E-state index contributed by atoms with van der Waals surface area (Å²) in [5.74, 6) is 0.633. The van der Waals surface area contributed by atoms with Crippen LogP contribution < -0.4 is 5.32 Å². The van der Waals surface area contributed by atoms with Crippen molar-refractivity contribution >= 4 is 23.1 Å². The number of nitrogens with one attached hydrogen (secondary N) is 1. The van der Waals surface area contributed by atoms with E-state index in [4.69, 9.17) is 0 Å². The lowest BCUT2D eigenvalue weighted by molar-refractivity contribution is -0.385. The molecule has 2 aromatic carbocycles. The molecule has 3 unspecified atom stereocenters. The van der Waals surface area contributed by atoms with Gasteiger partial charge in [-0.05, 0) is 54.3 Å². The van der Waals surface area contributed by atoms with E-state index in [1.54, 1.807) is 23.9 Å². The molecule has 4 rings (SSSR count). The van der Waals surface area contributed by atoms with Gasteiger partial charge in [-0.3, -0.25) is 10.1 Å². The van der Waals surface area contributed by atoms with Crippen LogP contribution >= 0.6 is 11.8 Å². The molecule has 0 aromatic heterocycles. The molecule has 1 aliphatic carbocycles. The Morgan fingerprint density at radius 2 is 2.00 bits per heavy atom. The zero-order chi connectivity index (χ0) is 17.6. The molecular weight excluding hydrogens is 332 g/mol. The van der Waals surface area contributed by atoms with Crippen LogP contribution in [0.4, 0.5) is 11.4 Å². The van der Waals surface area contributed by atoms with Gasteiger partial charge in [0.05, 0.1) is 11.0 Å². The maximum atomic E-state index is 11.2. The van der Waals surface area contributed by atoms with Crippen molar-refractivity contribution in [1.29, 1.82) is 0 Å². The Labute approximate surface area is 151 Å². The van der Waals surface area contributed by atoms with E-state index in [0.717, 1.165) is 23.2 Å². The molecule has 5 heteroatoms. The summed E-state index contributed by atoms with van der Waals surface area (Å²) in [6.45, 7) is 1.95. The van der Waals surface area contributed by atoms with Gasteiger partial charge in [-0.2, -0.15) is 0 Å². The number of non-ortho nitro benzene ring substituents is 1. The highest BCUT2D eigenvalue weighted by Crippen LogP contribution is 2.51. The average Bonchev–Trinajstić information content (AvgIpc) is 3.11. The van der Waals surface area contributed by atoms with Crippen molar-refractivity contribution in [2.45, 2.75) is 30.2 Å². The van der Waals surface area contributed by atoms with E-state index in [2.05, 4.69) is 48.0 Å². The van der Waals surface area contributed by atoms with Crippen LogP contribution in [0.3, 0.4) is 0 Å². The van der Waals surface area contributed by atoms with Crippen molar-refractivity contribution < 1.29 is 4.92 Å². The first-order chi connectivity index (χ1) is 12.1. The zero-order valence-electron chi connectivity index (χ0n) is 14.2. The molecule has 1 N–H and O–H groups in total. The first-order valence-electron chi connectivity index (χ1n) is 8.44. The Bertz CT molecular complexity index is 861. The second-order valence-electron chi connectivity index (χ2n) is 6.73. The molecule has 4 nitrogen and oxygen atoms in total. The smallest absolute Gasteiger partial charge is 0.270 e. The van der Waals surface area contributed by atoms with Crippen LogP contribution in [0.1, 0.15) is 35.1 Å². The van der Waals surface area contributed by atoms with E-state index in [0.29, 0.717) is 5.92 Å². The van der Waals surface area contributed by atoms with Gasteiger partial charge in [0.25, 0.3) is 5.69 Å². The quantitative estimate of drug-likeness (QED) is 0.345. The monoisotopic (exact) mass is 352 g/mol. The number of fused-ring (bicyclic) bond motifs is 3. The molecule has 2 aliphatic rings. The normalized spacial score (nSPS) is 23.7. The van der Waals surface area contributed by atoms with Gasteiger partial charge in [-0.25, -0.2) is 0 Å². The minimum atomic E-state index is -0.297. The molecule has 1 aliphatic heterocycles.